The molecule has 16 heavy (non-hydrogen) atoms. The van der Waals surface area contributed by atoms with Gasteiger partial charge in [0.15, 0.2) is 5.69 Å². The van der Waals surface area contributed by atoms with Crippen molar-refractivity contribution in [3.63, 3.8) is 0 Å². The molecular formula is C10H11N3O3. The molecule has 0 radical (unpaired) electrons. The van der Waals surface area contributed by atoms with E-state index in [4.69, 9.17) is 4.74 Å². The van der Waals surface area contributed by atoms with E-state index < -0.39 is 5.97 Å². The zero-order valence-electron chi connectivity index (χ0n) is 9.22. The van der Waals surface area contributed by atoms with Crippen LogP contribution in [-0.2, 0) is 4.74 Å². The average molecular weight is 221 g/mol. The molecule has 2 heterocycles. The molecule has 2 rings (SSSR count). The molecule has 2 aromatic rings. The Morgan fingerprint density at radius 3 is 2.69 bits per heavy atom. The van der Waals surface area contributed by atoms with Gasteiger partial charge in [-0.25, -0.2) is 14.8 Å². The number of imidazole rings is 1. The van der Waals surface area contributed by atoms with Crippen LogP contribution in [0.3, 0.4) is 0 Å². The fourth-order valence-electron chi connectivity index (χ4n) is 1.55. The van der Waals surface area contributed by atoms with E-state index in [1.807, 2.05) is 0 Å². The van der Waals surface area contributed by atoms with Gasteiger partial charge in [-0.1, -0.05) is 0 Å². The highest BCUT2D eigenvalue weighted by molar-refractivity contribution is 5.88. The van der Waals surface area contributed by atoms with Crippen LogP contribution in [-0.4, -0.2) is 34.6 Å². The average Bonchev–Trinajstić information content (AvgIpc) is 2.70. The summed E-state index contributed by atoms with van der Waals surface area (Å²) in [7, 11) is 2.84. The molecule has 0 aliphatic carbocycles. The summed E-state index contributed by atoms with van der Waals surface area (Å²) >= 11 is 0. The summed E-state index contributed by atoms with van der Waals surface area (Å²) in [4.78, 5) is 19.7. The number of aromatic nitrogens is 3. The lowest BCUT2D eigenvalue weighted by molar-refractivity contribution is 0.0591. The Balaban J connectivity index is 2.77. The van der Waals surface area contributed by atoms with Crippen LogP contribution >= 0.6 is 0 Å². The van der Waals surface area contributed by atoms with Gasteiger partial charge in [0.05, 0.1) is 26.6 Å². The third-order valence-electron chi connectivity index (χ3n) is 2.29. The van der Waals surface area contributed by atoms with Gasteiger partial charge in [0.25, 0.3) is 0 Å². The monoisotopic (exact) mass is 221 g/mol. The Labute approximate surface area is 91.8 Å². The van der Waals surface area contributed by atoms with Crippen LogP contribution in [0.15, 0.2) is 12.4 Å². The zero-order valence-corrected chi connectivity index (χ0v) is 9.22. The molecule has 6 heteroatoms. The van der Waals surface area contributed by atoms with Crippen LogP contribution in [0.4, 0.5) is 0 Å². The smallest absolute Gasteiger partial charge is 0.356 e. The molecule has 0 atom stereocenters. The Morgan fingerprint density at radius 1 is 1.31 bits per heavy atom. The molecule has 6 nitrogen and oxygen atoms in total. The minimum Gasteiger partial charge on any atom is -0.479 e. The van der Waals surface area contributed by atoms with E-state index in [1.165, 1.54) is 20.4 Å². The van der Waals surface area contributed by atoms with Crippen LogP contribution in [0.2, 0.25) is 0 Å². The topological polar surface area (TPSA) is 65.7 Å². The van der Waals surface area contributed by atoms with Crippen molar-refractivity contribution in [1.82, 2.24) is 14.4 Å². The Kier molecular flexibility index (Phi) is 2.47. The van der Waals surface area contributed by atoms with E-state index in [0.717, 1.165) is 0 Å². The van der Waals surface area contributed by atoms with Gasteiger partial charge in [-0.2, -0.15) is 0 Å². The largest absolute Gasteiger partial charge is 0.479 e. The highest BCUT2D eigenvalue weighted by Crippen LogP contribution is 2.19. The SMILES string of the molecule is COC(=O)c1cnc(OC)c2cnc(C)n12. The summed E-state index contributed by atoms with van der Waals surface area (Å²) in [6.45, 7) is 1.79. The molecule has 0 fully saturated rings. The number of ether oxygens (including phenoxy) is 2. The number of methoxy groups -OCH3 is 2. The first-order valence-corrected chi connectivity index (χ1v) is 4.64. The summed E-state index contributed by atoms with van der Waals surface area (Å²) < 4.78 is 11.4. The minimum atomic E-state index is -0.457. The van der Waals surface area contributed by atoms with Gasteiger partial charge in [0, 0.05) is 0 Å². The summed E-state index contributed by atoms with van der Waals surface area (Å²) in [5, 5.41) is 0. The van der Waals surface area contributed by atoms with Crippen LogP contribution in [0, 0.1) is 6.92 Å². The van der Waals surface area contributed by atoms with Gasteiger partial charge in [0.1, 0.15) is 11.3 Å². The Hall–Kier alpha value is -2.11. The number of fused-ring (bicyclic) bond motifs is 1. The van der Waals surface area contributed by atoms with E-state index in [0.29, 0.717) is 22.9 Å². The van der Waals surface area contributed by atoms with Gasteiger partial charge in [0.2, 0.25) is 5.88 Å². The summed E-state index contributed by atoms with van der Waals surface area (Å²) in [6.07, 6.45) is 3.01. The standard InChI is InChI=1S/C10H11N3O3/c1-6-11-4-7-9(15-2)12-5-8(13(6)7)10(14)16-3/h4-5H,1-3H3. The van der Waals surface area contributed by atoms with Gasteiger partial charge >= 0.3 is 5.97 Å². The van der Waals surface area contributed by atoms with Crippen molar-refractivity contribution in [2.24, 2.45) is 0 Å². The van der Waals surface area contributed by atoms with E-state index in [-0.39, 0.29) is 0 Å². The number of carbonyl (C=O) groups excluding carboxylic acids is 1. The number of esters is 1. The Bertz CT molecular complexity index is 547. The van der Waals surface area contributed by atoms with E-state index in [2.05, 4.69) is 14.7 Å². The van der Waals surface area contributed by atoms with Crippen molar-refractivity contribution in [2.75, 3.05) is 14.2 Å². The number of aryl methyl sites for hydroxylation is 1. The van der Waals surface area contributed by atoms with Crippen LogP contribution < -0.4 is 4.74 Å². The number of carbonyl (C=O) groups is 1. The predicted octanol–water partition coefficient (Wildman–Crippen LogP) is 0.833. The lowest BCUT2D eigenvalue weighted by atomic mass is 10.4. The highest BCUT2D eigenvalue weighted by Gasteiger charge is 2.16. The maximum Gasteiger partial charge on any atom is 0.356 e. The van der Waals surface area contributed by atoms with Gasteiger partial charge in [-0.05, 0) is 6.92 Å². The fourth-order valence-corrected chi connectivity index (χ4v) is 1.55. The van der Waals surface area contributed by atoms with Crippen molar-refractivity contribution in [2.45, 2.75) is 6.92 Å². The molecule has 2 aromatic heterocycles. The van der Waals surface area contributed by atoms with Crippen LogP contribution in [0.5, 0.6) is 5.88 Å². The molecule has 0 saturated carbocycles. The third kappa shape index (κ3) is 1.39. The van der Waals surface area contributed by atoms with Gasteiger partial charge in [-0.3, -0.25) is 4.40 Å². The molecule has 0 saturated heterocycles. The zero-order chi connectivity index (χ0) is 11.7. The van der Waals surface area contributed by atoms with Crippen molar-refractivity contribution in [3.05, 3.63) is 23.9 Å². The second-order valence-electron chi connectivity index (χ2n) is 3.17. The Morgan fingerprint density at radius 2 is 2.06 bits per heavy atom. The number of rotatable bonds is 2. The van der Waals surface area contributed by atoms with Crippen molar-refractivity contribution in [1.29, 1.82) is 0 Å². The quantitative estimate of drug-likeness (QED) is 0.703. The molecule has 0 bridgehead atoms. The van der Waals surface area contributed by atoms with Crippen LogP contribution in [0.25, 0.3) is 5.52 Å². The summed E-state index contributed by atoms with van der Waals surface area (Å²) in [5.74, 6) is 0.644. The molecule has 0 N–H and O–H groups in total. The first-order valence-electron chi connectivity index (χ1n) is 4.64. The molecule has 0 spiro atoms. The number of nitrogens with zero attached hydrogens (tertiary/aromatic N) is 3. The molecule has 0 amide bonds. The molecule has 84 valence electrons. The van der Waals surface area contributed by atoms with Crippen molar-refractivity contribution < 1.29 is 14.3 Å². The maximum absolute atomic E-state index is 11.5. The van der Waals surface area contributed by atoms with E-state index in [1.54, 1.807) is 17.5 Å². The number of hydrogen-bond donors (Lipinski definition) is 0. The summed E-state index contributed by atoms with van der Waals surface area (Å²) in [6, 6.07) is 0. The van der Waals surface area contributed by atoms with Gasteiger partial charge < -0.3 is 9.47 Å². The van der Waals surface area contributed by atoms with Crippen LogP contribution in [0.1, 0.15) is 16.3 Å². The third-order valence-corrected chi connectivity index (χ3v) is 2.29. The molecule has 0 aliphatic rings. The lowest BCUT2D eigenvalue weighted by Crippen LogP contribution is -2.10. The predicted molar refractivity (Wildman–Crippen MR) is 55.6 cm³/mol. The summed E-state index contributed by atoms with van der Waals surface area (Å²) in [5.41, 5.74) is 0.969. The van der Waals surface area contributed by atoms with Gasteiger partial charge in [-0.15, -0.1) is 0 Å². The first kappa shape index (κ1) is 10.4. The fraction of sp³-hybridized carbons (Fsp3) is 0.300. The van der Waals surface area contributed by atoms with E-state index >= 15 is 0 Å². The van der Waals surface area contributed by atoms with E-state index in [9.17, 15) is 4.79 Å². The lowest BCUT2D eigenvalue weighted by Gasteiger charge is -2.07. The normalized spacial score (nSPS) is 10.4. The molecule has 0 aliphatic heterocycles. The second kappa shape index (κ2) is 3.80. The second-order valence-corrected chi connectivity index (χ2v) is 3.17. The highest BCUT2D eigenvalue weighted by atomic mass is 16.5. The number of hydrogen-bond acceptors (Lipinski definition) is 5. The molecule has 0 aromatic carbocycles. The maximum atomic E-state index is 11.5. The van der Waals surface area contributed by atoms with Crippen molar-refractivity contribution in [3.8, 4) is 5.88 Å². The van der Waals surface area contributed by atoms with Crippen molar-refractivity contribution >= 4 is 11.5 Å². The minimum absolute atomic E-state index is 0.327. The molecule has 0 unspecified atom stereocenters. The first-order chi connectivity index (χ1) is 7.69. The molecular weight excluding hydrogens is 210 g/mol.